The third kappa shape index (κ3) is 4.77. The van der Waals surface area contributed by atoms with Gasteiger partial charge in [-0.2, -0.15) is 0 Å². The molecule has 94 valence electrons. The first-order valence-corrected chi connectivity index (χ1v) is 5.48. The van der Waals surface area contributed by atoms with E-state index in [0.717, 1.165) is 0 Å². The molecule has 0 aromatic heterocycles. The normalized spacial score (nSPS) is 13.3. The maximum absolute atomic E-state index is 12.1. The zero-order chi connectivity index (χ0) is 12.8. The zero-order valence-electron chi connectivity index (χ0n) is 10.8. The van der Waals surface area contributed by atoms with Gasteiger partial charge in [-0.1, -0.05) is 26.8 Å². The molecular formula is C12H24N2O2. The summed E-state index contributed by atoms with van der Waals surface area (Å²) in [7, 11) is 1.61. The molecule has 0 saturated heterocycles. The first kappa shape index (κ1) is 15.1. The van der Waals surface area contributed by atoms with Crippen LogP contribution >= 0.6 is 0 Å². The molecule has 2 N–H and O–H groups in total. The highest BCUT2D eigenvalue weighted by Gasteiger charge is 2.30. The average molecular weight is 228 g/mol. The Morgan fingerprint density at radius 2 is 2.12 bits per heavy atom. The van der Waals surface area contributed by atoms with Crippen molar-refractivity contribution in [2.24, 2.45) is 11.1 Å². The van der Waals surface area contributed by atoms with Crippen LogP contribution in [0.25, 0.3) is 0 Å². The lowest BCUT2D eigenvalue weighted by Crippen LogP contribution is -2.51. The highest BCUT2D eigenvalue weighted by Crippen LogP contribution is 2.19. The molecule has 0 spiro atoms. The number of nitrogens with zero attached hydrogens (tertiary/aromatic N) is 1. The number of carbonyl (C=O) groups is 1. The Morgan fingerprint density at radius 1 is 1.56 bits per heavy atom. The summed E-state index contributed by atoms with van der Waals surface area (Å²) in [5.41, 5.74) is 5.70. The lowest BCUT2D eigenvalue weighted by atomic mass is 9.86. The second kappa shape index (κ2) is 6.66. The zero-order valence-corrected chi connectivity index (χ0v) is 10.8. The van der Waals surface area contributed by atoms with Crippen molar-refractivity contribution in [1.29, 1.82) is 0 Å². The summed E-state index contributed by atoms with van der Waals surface area (Å²) in [6.07, 6.45) is 1.70. The van der Waals surface area contributed by atoms with E-state index in [-0.39, 0.29) is 11.3 Å². The van der Waals surface area contributed by atoms with Crippen LogP contribution in [0.5, 0.6) is 0 Å². The number of rotatable bonds is 6. The predicted molar refractivity (Wildman–Crippen MR) is 66.1 cm³/mol. The van der Waals surface area contributed by atoms with Crippen molar-refractivity contribution < 1.29 is 9.53 Å². The smallest absolute Gasteiger partial charge is 0.240 e. The van der Waals surface area contributed by atoms with Gasteiger partial charge in [-0.25, -0.2) is 0 Å². The number of amides is 1. The fraction of sp³-hybridized carbons (Fsp3) is 0.750. The largest absolute Gasteiger partial charge is 0.383 e. The van der Waals surface area contributed by atoms with Crippen molar-refractivity contribution in [2.45, 2.75) is 26.8 Å². The molecule has 0 heterocycles. The Bertz CT molecular complexity index is 234. The third-order valence-corrected chi connectivity index (χ3v) is 2.43. The van der Waals surface area contributed by atoms with E-state index in [9.17, 15) is 4.79 Å². The Hall–Kier alpha value is -0.870. The van der Waals surface area contributed by atoms with Crippen LogP contribution in [0, 0.1) is 5.41 Å². The van der Waals surface area contributed by atoms with Gasteiger partial charge in [0.2, 0.25) is 5.91 Å². The van der Waals surface area contributed by atoms with Gasteiger partial charge in [-0.05, 0) is 5.41 Å². The Labute approximate surface area is 98.4 Å². The topological polar surface area (TPSA) is 55.6 Å². The molecule has 0 rings (SSSR count). The lowest BCUT2D eigenvalue weighted by Gasteiger charge is -2.31. The second-order valence-electron chi connectivity index (χ2n) is 4.91. The van der Waals surface area contributed by atoms with E-state index in [2.05, 4.69) is 6.58 Å². The first-order valence-electron chi connectivity index (χ1n) is 5.48. The third-order valence-electron chi connectivity index (χ3n) is 2.43. The SMILES string of the molecule is C=CCN(CCOC)C(=O)[C@@H](N)C(C)(C)C. The quantitative estimate of drug-likeness (QED) is 0.691. The standard InChI is InChI=1S/C12H24N2O2/c1-6-7-14(8-9-16-5)11(15)10(13)12(2,3)4/h6,10H,1,7-9,13H2,2-5H3/t10-/m1/s1. The molecule has 0 aromatic rings. The molecule has 0 aliphatic rings. The molecule has 0 aromatic carbocycles. The maximum atomic E-state index is 12.1. The van der Waals surface area contributed by atoms with Gasteiger partial charge in [0, 0.05) is 20.2 Å². The van der Waals surface area contributed by atoms with Crippen LogP contribution in [0.15, 0.2) is 12.7 Å². The number of hydrogen-bond donors (Lipinski definition) is 1. The van der Waals surface area contributed by atoms with Gasteiger partial charge in [0.1, 0.15) is 0 Å². The molecule has 0 radical (unpaired) electrons. The second-order valence-corrected chi connectivity index (χ2v) is 4.91. The highest BCUT2D eigenvalue weighted by molar-refractivity contribution is 5.82. The monoisotopic (exact) mass is 228 g/mol. The minimum atomic E-state index is -0.496. The van der Waals surface area contributed by atoms with E-state index in [0.29, 0.717) is 19.7 Å². The van der Waals surface area contributed by atoms with Gasteiger partial charge >= 0.3 is 0 Å². The molecule has 0 bridgehead atoms. The van der Waals surface area contributed by atoms with Crippen molar-refractivity contribution in [1.82, 2.24) is 4.90 Å². The molecule has 1 amide bonds. The van der Waals surface area contributed by atoms with Crippen LogP contribution in [0.2, 0.25) is 0 Å². The summed E-state index contributed by atoms with van der Waals surface area (Å²) in [4.78, 5) is 13.8. The summed E-state index contributed by atoms with van der Waals surface area (Å²) < 4.78 is 4.97. The maximum Gasteiger partial charge on any atom is 0.240 e. The fourth-order valence-electron chi connectivity index (χ4n) is 1.22. The Morgan fingerprint density at radius 3 is 2.50 bits per heavy atom. The van der Waals surface area contributed by atoms with Crippen LogP contribution in [-0.4, -0.2) is 43.7 Å². The van der Waals surface area contributed by atoms with Gasteiger partial charge < -0.3 is 15.4 Å². The number of hydrogen-bond acceptors (Lipinski definition) is 3. The number of nitrogens with two attached hydrogens (primary N) is 1. The molecule has 0 aliphatic heterocycles. The van der Waals surface area contributed by atoms with Gasteiger partial charge in [0.15, 0.2) is 0 Å². The van der Waals surface area contributed by atoms with E-state index in [4.69, 9.17) is 10.5 Å². The first-order chi connectivity index (χ1) is 7.34. The van der Waals surface area contributed by atoms with E-state index in [1.165, 1.54) is 0 Å². The molecule has 0 fully saturated rings. The summed E-state index contributed by atoms with van der Waals surface area (Å²) >= 11 is 0. The van der Waals surface area contributed by atoms with Crippen LogP contribution in [0.1, 0.15) is 20.8 Å². The number of methoxy groups -OCH3 is 1. The summed E-state index contributed by atoms with van der Waals surface area (Å²) in [6, 6.07) is -0.496. The molecule has 16 heavy (non-hydrogen) atoms. The predicted octanol–water partition coefficient (Wildman–Crippen LogP) is 1.02. The van der Waals surface area contributed by atoms with E-state index in [1.807, 2.05) is 20.8 Å². The van der Waals surface area contributed by atoms with Gasteiger partial charge in [0.05, 0.1) is 12.6 Å². The molecule has 0 saturated carbocycles. The average Bonchev–Trinajstić information content (AvgIpc) is 2.20. The van der Waals surface area contributed by atoms with Crippen molar-refractivity contribution >= 4 is 5.91 Å². The summed E-state index contributed by atoms with van der Waals surface area (Å²) in [5.74, 6) is -0.0514. The minimum absolute atomic E-state index is 0.0514. The minimum Gasteiger partial charge on any atom is -0.383 e. The van der Waals surface area contributed by atoms with Crippen LogP contribution in [-0.2, 0) is 9.53 Å². The van der Waals surface area contributed by atoms with Crippen molar-refractivity contribution in [2.75, 3.05) is 26.8 Å². The van der Waals surface area contributed by atoms with E-state index in [1.54, 1.807) is 18.1 Å². The molecule has 4 nitrogen and oxygen atoms in total. The van der Waals surface area contributed by atoms with Crippen LogP contribution in [0.4, 0.5) is 0 Å². The Kier molecular flexibility index (Phi) is 6.29. The van der Waals surface area contributed by atoms with Gasteiger partial charge in [0.25, 0.3) is 0 Å². The molecule has 0 aliphatic carbocycles. The van der Waals surface area contributed by atoms with E-state index >= 15 is 0 Å². The fourth-order valence-corrected chi connectivity index (χ4v) is 1.22. The molecule has 0 unspecified atom stereocenters. The molecule has 4 heteroatoms. The van der Waals surface area contributed by atoms with Crippen LogP contribution < -0.4 is 5.73 Å². The van der Waals surface area contributed by atoms with E-state index < -0.39 is 6.04 Å². The lowest BCUT2D eigenvalue weighted by molar-refractivity contribution is -0.135. The van der Waals surface area contributed by atoms with Crippen LogP contribution in [0.3, 0.4) is 0 Å². The van der Waals surface area contributed by atoms with Crippen molar-refractivity contribution in [3.63, 3.8) is 0 Å². The number of ether oxygens (including phenoxy) is 1. The Balaban J connectivity index is 4.53. The van der Waals surface area contributed by atoms with Gasteiger partial charge in [-0.15, -0.1) is 6.58 Å². The molecule has 1 atom stereocenters. The number of carbonyl (C=O) groups excluding carboxylic acids is 1. The van der Waals surface area contributed by atoms with Crippen molar-refractivity contribution in [3.05, 3.63) is 12.7 Å². The van der Waals surface area contributed by atoms with Crippen molar-refractivity contribution in [3.8, 4) is 0 Å². The molecular weight excluding hydrogens is 204 g/mol. The van der Waals surface area contributed by atoms with Gasteiger partial charge in [-0.3, -0.25) is 4.79 Å². The highest BCUT2D eigenvalue weighted by atomic mass is 16.5. The summed E-state index contributed by atoms with van der Waals surface area (Å²) in [6.45, 7) is 11.1. The summed E-state index contributed by atoms with van der Waals surface area (Å²) in [5, 5.41) is 0.